The zero-order valence-electron chi connectivity index (χ0n) is 13.7. The molecule has 122 valence electrons. The molecule has 0 spiro atoms. The van der Waals surface area contributed by atoms with Crippen molar-refractivity contribution in [1.29, 1.82) is 0 Å². The Hall–Kier alpha value is -1.32. The van der Waals surface area contributed by atoms with E-state index in [0.29, 0.717) is 6.61 Å². The lowest BCUT2D eigenvalue weighted by atomic mass is 10.00. The van der Waals surface area contributed by atoms with E-state index in [4.69, 9.17) is 4.74 Å². The van der Waals surface area contributed by atoms with Crippen LogP contribution in [0.2, 0.25) is 0 Å². The Morgan fingerprint density at radius 3 is 2.74 bits per heavy atom. The van der Waals surface area contributed by atoms with Crippen LogP contribution < -0.4 is 4.74 Å². The molecule has 2 aromatic rings. The molecule has 1 aliphatic heterocycles. The highest BCUT2D eigenvalue weighted by atomic mass is 79.9. The van der Waals surface area contributed by atoms with Crippen molar-refractivity contribution < 1.29 is 4.74 Å². The SMILES string of the molecule is CC1CCCN(Cc2ccc(OCc3ccccc3)cc2Br)C1. The van der Waals surface area contributed by atoms with Crippen molar-refractivity contribution >= 4 is 15.9 Å². The standard InChI is InChI=1S/C20H24BrNO/c1-16-6-5-11-22(13-16)14-18-9-10-19(12-20(18)21)23-15-17-7-3-2-4-8-17/h2-4,7-10,12,16H,5-6,11,13-15H2,1H3. The maximum atomic E-state index is 5.89. The first-order valence-electron chi connectivity index (χ1n) is 8.38. The molecule has 0 N–H and O–H groups in total. The number of hydrogen-bond acceptors (Lipinski definition) is 2. The quantitative estimate of drug-likeness (QED) is 0.708. The topological polar surface area (TPSA) is 12.5 Å². The highest BCUT2D eigenvalue weighted by molar-refractivity contribution is 9.10. The van der Waals surface area contributed by atoms with Crippen molar-refractivity contribution in [2.24, 2.45) is 5.92 Å². The van der Waals surface area contributed by atoms with E-state index in [0.717, 1.165) is 22.7 Å². The zero-order chi connectivity index (χ0) is 16.1. The van der Waals surface area contributed by atoms with Crippen LogP contribution in [-0.4, -0.2) is 18.0 Å². The fourth-order valence-electron chi connectivity index (χ4n) is 3.16. The Balaban J connectivity index is 1.59. The monoisotopic (exact) mass is 373 g/mol. The number of benzene rings is 2. The molecule has 0 aromatic heterocycles. The average molecular weight is 374 g/mol. The molecule has 0 radical (unpaired) electrons. The third-order valence-corrected chi connectivity index (χ3v) is 5.15. The van der Waals surface area contributed by atoms with Crippen LogP contribution in [0.15, 0.2) is 53.0 Å². The molecule has 0 saturated carbocycles. The van der Waals surface area contributed by atoms with Crippen molar-refractivity contribution in [2.45, 2.75) is 32.9 Å². The maximum Gasteiger partial charge on any atom is 0.120 e. The van der Waals surface area contributed by atoms with Gasteiger partial charge in [0.2, 0.25) is 0 Å². The summed E-state index contributed by atoms with van der Waals surface area (Å²) in [7, 11) is 0. The normalized spacial score (nSPS) is 18.8. The number of piperidine rings is 1. The van der Waals surface area contributed by atoms with Gasteiger partial charge >= 0.3 is 0 Å². The van der Waals surface area contributed by atoms with E-state index in [-0.39, 0.29) is 0 Å². The fraction of sp³-hybridized carbons (Fsp3) is 0.400. The van der Waals surface area contributed by atoms with Crippen LogP contribution in [0.3, 0.4) is 0 Å². The Morgan fingerprint density at radius 1 is 1.17 bits per heavy atom. The van der Waals surface area contributed by atoms with Gasteiger partial charge in [-0.3, -0.25) is 4.90 Å². The van der Waals surface area contributed by atoms with Gasteiger partial charge in [0.1, 0.15) is 12.4 Å². The van der Waals surface area contributed by atoms with Crippen LogP contribution in [0, 0.1) is 5.92 Å². The van der Waals surface area contributed by atoms with Crippen LogP contribution in [-0.2, 0) is 13.2 Å². The van der Waals surface area contributed by atoms with Crippen molar-refractivity contribution in [1.82, 2.24) is 4.90 Å². The summed E-state index contributed by atoms with van der Waals surface area (Å²) in [5.74, 6) is 1.73. The molecule has 0 amide bonds. The van der Waals surface area contributed by atoms with Gasteiger partial charge in [-0.25, -0.2) is 0 Å². The Labute approximate surface area is 147 Å². The molecule has 3 rings (SSSR count). The number of ether oxygens (including phenoxy) is 1. The van der Waals surface area contributed by atoms with Gasteiger partial charge in [-0.15, -0.1) is 0 Å². The van der Waals surface area contributed by atoms with E-state index in [1.807, 2.05) is 18.2 Å². The fourth-order valence-corrected chi connectivity index (χ4v) is 3.64. The lowest BCUT2D eigenvalue weighted by Crippen LogP contribution is -2.33. The van der Waals surface area contributed by atoms with Crippen LogP contribution in [0.5, 0.6) is 5.75 Å². The van der Waals surface area contributed by atoms with Gasteiger partial charge in [0.25, 0.3) is 0 Å². The summed E-state index contributed by atoms with van der Waals surface area (Å²) in [6.07, 6.45) is 2.68. The van der Waals surface area contributed by atoms with Gasteiger partial charge in [-0.05, 0) is 48.6 Å². The first-order chi connectivity index (χ1) is 11.2. The summed E-state index contributed by atoms with van der Waals surface area (Å²) in [6, 6.07) is 16.6. The summed E-state index contributed by atoms with van der Waals surface area (Å²) in [6.45, 7) is 6.39. The molecule has 23 heavy (non-hydrogen) atoms. The van der Waals surface area contributed by atoms with Crippen molar-refractivity contribution in [3.05, 3.63) is 64.1 Å². The Bertz CT molecular complexity index is 629. The molecule has 3 heteroatoms. The van der Waals surface area contributed by atoms with Gasteiger partial charge in [-0.1, -0.05) is 59.3 Å². The molecule has 1 aliphatic rings. The number of rotatable bonds is 5. The summed E-state index contributed by atoms with van der Waals surface area (Å²) >= 11 is 3.71. The molecule has 2 aromatic carbocycles. The zero-order valence-corrected chi connectivity index (χ0v) is 15.3. The highest BCUT2D eigenvalue weighted by Crippen LogP contribution is 2.26. The summed E-state index contributed by atoms with van der Waals surface area (Å²) in [5.41, 5.74) is 2.53. The van der Waals surface area contributed by atoms with Gasteiger partial charge in [0, 0.05) is 17.6 Å². The number of likely N-dealkylation sites (tertiary alicyclic amines) is 1. The second kappa shape index (κ2) is 7.98. The molecule has 0 aliphatic carbocycles. The van der Waals surface area contributed by atoms with E-state index in [1.165, 1.54) is 37.1 Å². The van der Waals surface area contributed by atoms with Crippen molar-refractivity contribution in [2.75, 3.05) is 13.1 Å². The van der Waals surface area contributed by atoms with Gasteiger partial charge < -0.3 is 4.74 Å². The largest absolute Gasteiger partial charge is 0.489 e. The van der Waals surface area contributed by atoms with Crippen molar-refractivity contribution in [3.8, 4) is 5.75 Å². The molecule has 1 fully saturated rings. The van der Waals surface area contributed by atoms with Crippen LogP contribution in [0.4, 0.5) is 0 Å². The third-order valence-electron chi connectivity index (χ3n) is 4.41. The van der Waals surface area contributed by atoms with E-state index < -0.39 is 0 Å². The summed E-state index contributed by atoms with van der Waals surface area (Å²) in [4.78, 5) is 2.55. The number of halogens is 1. The second-order valence-corrected chi connectivity index (χ2v) is 7.36. The minimum atomic E-state index is 0.607. The van der Waals surface area contributed by atoms with Crippen molar-refractivity contribution in [3.63, 3.8) is 0 Å². The van der Waals surface area contributed by atoms with Crippen LogP contribution >= 0.6 is 15.9 Å². The summed E-state index contributed by atoms with van der Waals surface area (Å²) in [5, 5.41) is 0. The lowest BCUT2D eigenvalue weighted by molar-refractivity contribution is 0.176. The molecular weight excluding hydrogens is 350 g/mol. The average Bonchev–Trinajstić information content (AvgIpc) is 2.56. The van der Waals surface area contributed by atoms with E-state index in [9.17, 15) is 0 Å². The smallest absolute Gasteiger partial charge is 0.120 e. The second-order valence-electron chi connectivity index (χ2n) is 6.51. The Morgan fingerprint density at radius 2 is 2.00 bits per heavy atom. The molecular formula is C20H24BrNO. The van der Waals surface area contributed by atoms with E-state index in [2.05, 4.69) is 58.1 Å². The molecule has 1 heterocycles. The first kappa shape index (κ1) is 16.5. The lowest BCUT2D eigenvalue weighted by Gasteiger charge is -2.31. The molecule has 1 atom stereocenters. The highest BCUT2D eigenvalue weighted by Gasteiger charge is 2.17. The van der Waals surface area contributed by atoms with Crippen LogP contribution in [0.25, 0.3) is 0 Å². The van der Waals surface area contributed by atoms with E-state index >= 15 is 0 Å². The number of nitrogens with zero attached hydrogens (tertiary/aromatic N) is 1. The molecule has 2 nitrogen and oxygen atoms in total. The van der Waals surface area contributed by atoms with Crippen LogP contribution in [0.1, 0.15) is 30.9 Å². The molecule has 0 bridgehead atoms. The third kappa shape index (κ3) is 4.82. The predicted octanol–water partition coefficient (Wildman–Crippen LogP) is 5.26. The maximum absolute atomic E-state index is 5.89. The summed E-state index contributed by atoms with van der Waals surface area (Å²) < 4.78 is 7.03. The first-order valence-corrected chi connectivity index (χ1v) is 9.17. The number of hydrogen-bond donors (Lipinski definition) is 0. The van der Waals surface area contributed by atoms with Gasteiger partial charge in [-0.2, -0.15) is 0 Å². The molecule has 1 unspecified atom stereocenters. The van der Waals surface area contributed by atoms with Gasteiger partial charge in [0.05, 0.1) is 0 Å². The minimum Gasteiger partial charge on any atom is -0.489 e. The molecule has 1 saturated heterocycles. The predicted molar refractivity (Wildman–Crippen MR) is 98.6 cm³/mol. The van der Waals surface area contributed by atoms with Gasteiger partial charge in [0.15, 0.2) is 0 Å². The minimum absolute atomic E-state index is 0.607. The Kier molecular flexibility index (Phi) is 5.74. The van der Waals surface area contributed by atoms with E-state index in [1.54, 1.807) is 0 Å².